The third-order valence-corrected chi connectivity index (χ3v) is 2.52. The quantitative estimate of drug-likeness (QED) is 0.590. The van der Waals surface area contributed by atoms with Gasteiger partial charge in [-0.25, -0.2) is 4.79 Å². The zero-order chi connectivity index (χ0) is 13.0. The highest BCUT2D eigenvalue weighted by atomic mass is 16.2. The molecule has 18 heavy (non-hydrogen) atoms. The SMILES string of the molecule is Nc1ccc(NC(=O)NCC(=O)NC2CC2)cc1. The molecule has 0 radical (unpaired) electrons. The highest BCUT2D eigenvalue weighted by Gasteiger charge is 2.23. The molecule has 96 valence electrons. The summed E-state index contributed by atoms with van der Waals surface area (Å²) in [7, 11) is 0. The first-order valence-electron chi connectivity index (χ1n) is 5.83. The molecule has 0 aromatic heterocycles. The Balaban J connectivity index is 1.70. The third kappa shape index (κ3) is 3.97. The second kappa shape index (κ2) is 5.39. The van der Waals surface area contributed by atoms with Crippen LogP contribution in [0.2, 0.25) is 0 Å². The summed E-state index contributed by atoms with van der Waals surface area (Å²) < 4.78 is 0. The molecular weight excluding hydrogens is 232 g/mol. The summed E-state index contributed by atoms with van der Waals surface area (Å²) in [6.07, 6.45) is 2.06. The number of carbonyl (C=O) groups is 2. The van der Waals surface area contributed by atoms with Gasteiger partial charge in [-0.15, -0.1) is 0 Å². The Morgan fingerprint density at radius 3 is 2.50 bits per heavy atom. The number of hydrogen-bond acceptors (Lipinski definition) is 3. The van der Waals surface area contributed by atoms with Crippen molar-refractivity contribution in [1.82, 2.24) is 10.6 Å². The third-order valence-electron chi connectivity index (χ3n) is 2.52. The van der Waals surface area contributed by atoms with Crippen LogP contribution >= 0.6 is 0 Å². The molecule has 1 aliphatic rings. The predicted molar refractivity (Wildman–Crippen MR) is 69.0 cm³/mol. The maximum Gasteiger partial charge on any atom is 0.319 e. The van der Waals surface area contributed by atoms with Crippen molar-refractivity contribution in [2.75, 3.05) is 17.6 Å². The number of benzene rings is 1. The van der Waals surface area contributed by atoms with E-state index < -0.39 is 6.03 Å². The number of anilines is 2. The normalized spacial score (nSPS) is 13.8. The first-order valence-corrected chi connectivity index (χ1v) is 5.83. The van der Waals surface area contributed by atoms with Crippen LogP contribution in [-0.2, 0) is 4.79 Å². The molecule has 0 heterocycles. The average molecular weight is 248 g/mol. The van der Waals surface area contributed by atoms with Crippen LogP contribution in [-0.4, -0.2) is 24.5 Å². The molecule has 1 fully saturated rings. The minimum Gasteiger partial charge on any atom is -0.399 e. The number of nitrogens with two attached hydrogens (primary N) is 1. The number of hydrogen-bond donors (Lipinski definition) is 4. The van der Waals surface area contributed by atoms with Gasteiger partial charge in [0.05, 0.1) is 6.54 Å². The Hall–Kier alpha value is -2.24. The van der Waals surface area contributed by atoms with Crippen molar-refractivity contribution in [1.29, 1.82) is 0 Å². The van der Waals surface area contributed by atoms with Gasteiger partial charge in [0.15, 0.2) is 0 Å². The molecule has 6 heteroatoms. The van der Waals surface area contributed by atoms with Gasteiger partial charge in [0.2, 0.25) is 5.91 Å². The highest BCUT2D eigenvalue weighted by molar-refractivity contribution is 5.92. The van der Waals surface area contributed by atoms with Gasteiger partial charge >= 0.3 is 6.03 Å². The van der Waals surface area contributed by atoms with E-state index in [1.807, 2.05) is 0 Å². The lowest BCUT2D eigenvalue weighted by atomic mass is 10.3. The lowest BCUT2D eigenvalue weighted by Crippen LogP contribution is -2.39. The number of nitrogen functional groups attached to an aromatic ring is 1. The fourth-order valence-electron chi connectivity index (χ4n) is 1.41. The van der Waals surface area contributed by atoms with Crippen LogP contribution < -0.4 is 21.7 Å². The lowest BCUT2D eigenvalue weighted by molar-refractivity contribution is -0.120. The summed E-state index contributed by atoms with van der Waals surface area (Å²) in [6, 6.07) is 6.66. The molecule has 1 saturated carbocycles. The van der Waals surface area contributed by atoms with Gasteiger partial charge in [0.25, 0.3) is 0 Å². The maximum atomic E-state index is 11.5. The molecule has 0 aliphatic heterocycles. The average Bonchev–Trinajstić information content (AvgIpc) is 3.13. The molecule has 0 atom stereocenters. The molecule has 6 nitrogen and oxygen atoms in total. The van der Waals surface area contributed by atoms with E-state index in [0.29, 0.717) is 17.4 Å². The van der Waals surface area contributed by atoms with E-state index >= 15 is 0 Å². The number of rotatable bonds is 4. The lowest BCUT2D eigenvalue weighted by Gasteiger charge is -2.08. The number of carbonyl (C=O) groups excluding carboxylic acids is 2. The van der Waals surface area contributed by atoms with Crippen molar-refractivity contribution in [2.45, 2.75) is 18.9 Å². The minimum atomic E-state index is -0.411. The Kier molecular flexibility index (Phi) is 3.66. The van der Waals surface area contributed by atoms with Gasteiger partial charge in [-0.1, -0.05) is 0 Å². The number of amides is 3. The fraction of sp³-hybridized carbons (Fsp3) is 0.333. The van der Waals surface area contributed by atoms with Gasteiger partial charge < -0.3 is 21.7 Å². The minimum absolute atomic E-state index is 0.0166. The van der Waals surface area contributed by atoms with Crippen LogP contribution in [0.4, 0.5) is 16.2 Å². The van der Waals surface area contributed by atoms with E-state index in [4.69, 9.17) is 5.73 Å². The molecule has 3 amide bonds. The van der Waals surface area contributed by atoms with Crippen LogP contribution in [0, 0.1) is 0 Å². The van der Waals surface area contributed by atoms with Crippen LogP contribution in [0.5, 0.6) is 0 Å². The standard InChI is InChI=1S/C12H16N4O2/c13-8-1-3-10(4-2-8)16-12(18)14-7-11(17)15-9-5-6-9/h1-4,9H,5-7,13H2,(H,15,17)(H2,14,16,18). The second-order valence-electron chi connectivity index (χ2n) is 4.27. The van der Waals surface area contributed by atoms with Crippen LogP contribution in [0.3, 0.4) is 0 Å². The zero-order valence-electron chi connectivity index (χ0n) is 9.90. The van der Waals surface area contributed by atoms with Crippen molar-refractivity contribution in [3.8, 4) is 0 Å². The first-order chi connectivity index (χ1) is 8.63. The van der Waals surface area contributed by atoms with Gasteiger partial charge in [0, 0.05) is 17.4 Å². The largest absolute Gasteiger partial charge is 0.399 e. The molecule has 0 spiro atoms. The molecule has 1 aromatic rings. The van der Waals surface area contributed by atoms with Crippen molar-refractivity contribution < 1.29 is 9.59 Å². The summed E-state index contributed by atoms with van der Waals surface area (Å²) in [6.45, 7) is -0.0166. The second-order valence-corrected chi connectivity index (χ2v) is 4.27. The topological polar surface area (TPSA) is 96.2 Å². The molecule has 5 N–H and O–H groups in total. The first kappa shape index (κ1) is 12.2. The molecular formula is C12H16N4O2. The van der Waals surface area contributed by atoms with E-state index in [9.17, 15) is 9.59 Å². The van der Waals surface area contributed by atoms with Crippen molar-refractivity contribution in [2.24, 2.45) is 0 Å². The molecule has 0 unspecified atom stereocenters. The monoisotopic (exact) mass is 248 g/mol. The van der Waals surface area contributed by atoms with Crippen LogP contribution in [0.15, 0.2) is 24.3 Å². The summed E-state index contributed by atoms with van der Waals surface area (Å²) in [5.74, 6) is -0.162. The Morgan fingerprint density at radius 1 is 1.22 bits per heavy atom. The summed E-state index contributed by atoms with van der Waals surface area (Å²) in [5, 5.41) is 7.88. The zero-order valence-corrected chi connectivity index (χ0v) is 9.90. The molecule has 1 aromatic carbocycles. The van der Waals surface area contributed by atoms with Gasteiger partial charge in [-0.05, 0) is 37.1 Å². The molecule has 1 aliphatic carbocycles. The summed E-state index contributed by atoms with van der Waals surface area (Å²) in [5.41, 5.74) is 6.79. The van der Waals surface area contributed by atoms with Gasteiger partial charge in [-0.3, -0.25) is 4.79 Å². The van der Waals surface area contributed by atoms with Crippen LogP contribution in [0.1, 0.15) is 12.8 Å². The van der Waals surface area contributed by atoms with Crippen LogP contribution in [0.25, 0.3) is 0 Å². The molecule has 0 bridgehead atoms. The summed E-state index contributed by atoms with van der Waals surface area (Å²) >= 11 is 0. The van der Waals surface area contributed by atoms with Gasteiger partial charge in [-0.2, -0.15) is 0 Å². The maximum absolute atomic E-state index is 11.5. The number of nitrogens with one attached hydrogen (secondary N) is 3. The Bertz CT molecular complexity index is 440. The van der Waals surface area contributed by atoms with Gasteiger partial charge in [0.1, 0.15) is 0 Å². The molecule has 2 rings (SSSR count). The molecule has 0 saturated heterocycles. The van der Waals surface area contributed by atoms with Crippen molar-refractivity contribution in [3.05, 3.63) is 24.3 Å². The van der Waals surface area contributed by atoms with E-state index in [-0.39, 0.29) is 12.5 Å². The Morgan fingerprint density at radius 2 is 1.89 bits per heavy atom. The van der Waals surface area contributed by atoms with E-state index in [1.165, 1.54) is 0 Å². The van der Waals surface area contributed by atoms with E-state index in [1.54, 1.807) is 24.3 Å². The number of urea groups is 1. The van der Waals surface area contributed by atoms with Crippen molar-refractivity contribution in [3.63, 3.8) is 0 Å². The van der Waals surface area contributed by atoms with E-state index in [0.717, 1.165) is 12.8 Å². The highest BCUT2D eigenvalue weighted by Crippen LogP contribution is 2.18. The smallest absolute Gasteiger partial charge is 0.319 e. The van der Waals surface area contributed by atoms with Crippen molar-refractivity contribution >= 4 is 23.3 Å². The fourth-order valence-corrected chi connectivity index (χ4v) is 1.41. The summed E-state index contributed by atoms with van der Waals surface area (Å²) in [4.78, 5) is 22.8. The Labute approximate surface area is 105 Å². The predicted octanol–water partition coefficient (Wildman–Crippen LogP) is 0.669. The van der Waals surface area contributed by atoms with E-state index in [2.05, 4.69) is 16.0 Å².